The molecule has 0 aromatic rings. The molecule has 0 bridgehead atoms. The Morgan fingerprint density at radius 1 is 1.80 bits per heavy atom. The fourth-order valence-corrected chi connectivity index (χ4v) is 0. The van der Waals surface area contributed by atoms with E-state index in [0.717, 1.165) is 0 Å². The summed E-state index contributed by atoms with van der Waals surface area (Å²) in [5.41, 5.74) is 0. The van der Waals surface area contributed by atoms with Crippen molar-refractivity contribution in [2.45, 2.75) is 0 Å². The van der Waals surface area contributed by atoms with Gasteiger partial charge in [0, 0.05) is 0 Å². The van der Waals surface area contributed by atoms with Gasteiger partial charge in [0.2, 0.25) is 0 Å². The predicted molar refractivity (Wildman–Crippen MR) is 13.4 cm³/mol. The van der Waals surface area contributed by atoms with Crippen LogP contribution in [0.3, 0.4) is 0 Å². The van der Waals surface area contributed by atoms with Gasteiger partial charge in [0.15, 0.2) is 0 Å². The fraction of sp³-hybridized carbons (Fsp3) is 0. The molecule has 0 unspecified atom stereocenters. The molecular weight excluding hydrogens is 137 g/mol. The first kappa shape index (κ1) is 4.76. The third-order valence-electron chi connectivity index (χ3n) is 0.0667. The van der Waals surface area contributed by atoms with E-state index in [1.54, 1.807) is 0 Å². The number of nitro groups is 1. The maximum absolute atomic E-state index is 9.02. The van der Waals surface area contributed by atoms with Gasteiger partial charge in [-0.1, -0.05) is 0 Å². The molecule has 0 fully saturated rings. The van der Waals surface area contributed by atoms with Crippen LogP contribution < -0.4 is 0 Å². The molecule has 0 atom stereocenters. The van der Waals surface area contributed by atoms with Crippen LogP contribution in [0.1, 0.15) is 0 Å². The minimum atomic E-state index is -1.87. The van der Waals surface area contributed by atoms with Gasteiger partial charge in [0.25, 0.3) is 0 Å². The summed E-state index contributed by atoms with van der Waals surface area (Å²) in [6.45, 7) is 0. The van der Waals surface area contributed by atoms with Gasteiger partial charge in [0.05, 0.1) is 0 Å². The Bertz CT molecular complexity index is 57.9. The monoisotopic (exact) mass is 137 g/mol. The molecule has 0 aromatic carbocycles. The molecule has 4 nitrogen and oxygen atoms in total. The topological polar surface area (TPSA) is 60.2 Å². The van der Waals surface area contributed by atoms with Gasteiger partial charge in [-0.25, -0.2) is 0 Å². The Hall–Kier alpha value is -0.242. The molecule has 0 aliphatic heterocycles. The van der Waals surface area contributed by atoms with E-state index in [2.05, 4.69) is 0 Å². The third kappa shape index (κ3) is 3.76. The van der Waals surface area contributed by atoms with Crippen LogP contribution in [0, 0.1) is 10.1 Å². The molecule has 0 N–H and O–H groups in total. The summed E-state index contributed by atoms with van der Waals surface area (Å²) in [6.07, 6.45) is 0. The summed E-state index contributed by atoms with van der Waals surface area (Å²) in [5.74, 6) is 0. The summed E-state index contributed by atoms with van der Waals surface area (Å²) < 4.78 is 8.19. The standard InChI is InChI=1S/AsNO3/c3-1-2(4)5. The van der Waals surface area contributed by atoms with Crippen molar-refractivity contribution in [3.8, 4) is 0 Å². The first-order valence-electron chi connectivity index (χ1n) is 0.748. The van der Waals surface area contributed by atoms with Gasteiger partial charge in [-0.3, -0.25) is 0 Å². The fourth-order valence-electron chi connectivity index (χ4n) is 0. The van der Waals surface area contributed by atoms with E-state index >= 15 is 0 Å². The second kappa shape index (κ2) is 2.02. The van der Waals surface area contributed by atoms with E-state index in [1.807, 2.05) is 0 Å². The zero-order valence-electron chi connectivity index (χ0n) is 2.12. The molecule has 0 radical (unpaired) electrons. The molecule has 5 heteroatoms. The normalized spacial score (nSPS) is 8.00. The van der Waals surface area contributed by atoms with Crippen molar-refractivity contribution in [1.29, 1.82) is 0 Å². The molecule has 0 heterocycles. The van der Waals surface area contributed by atoms with Crippen LogP contribution in [0.5, 0.6) is 0 Å². The molecule has 0 spiro atoms. The molecule has 0 saturated carbocycles. The van der Waals surface area contributed by atoms with E-state index in [4.69, 9.17) is 13.9 Å². The summed E-state index contributed by atoms with van der Waals surface area (Å²) in [6, 6.07) is 0. The van der Waals surface area contributed by atoms with Gasteiger partial charge in [-0.05, 0) is 0 Å². The van der Waals surface area contributed by atoms with Crippen molar-refractivity contribution in [2.75, 3.05) is 0 Å². The van der Waals surface area contributed by atoms with Crippen LogP contribution in [0.2, 0.25) is 0 Å². The average molecular weight is 137 g/mol. The van der Waals surface area contributed by atoms with Crippen LogP contribution in [0.25, 0.3) is 0 Å². The number of hydrogen-bond donors (Lipinski definition) is 0. The molecule has 0 aliphatic rings. The first-order chi connectivity index (χ1) is 2.27. The van der Waals surface area contributed by atoms with Crippen LogP contribution in [0.4, 0.5) is 0 Å². The Kier molecular flexibility index (Phi) is 1.93. The van der Waals surface area contributed by atoms with Crippen LogP contribution in [-0.2, 0) is 3.74 Å². The van der Waals surface area contributed by atoms with E-state index in [0.29, 0.717) is 0 Å². The predicted octanol–water partition coefficient (Wildman–Crippen LogP) is -0.772. The van der Waals surface area contributed by atoms with Crippen molar-refractivity contribution >= 4 is 15.9 Å². The molecule has 0 saturated heterocycles. The van der Waals surface area contributed by atoms with Crippen molar-refractivity contribution in [3.05, 3.63) is 10.1 Å². The van der Waals surface area contributed by atoms with E-state index in [9.17, 15) is 0 Å². The first-order valence-corrected chi connectivity index (χ1v) is 2.35. The zero-order valence-corrected chi connectivity index (χ0v) is 4.00. The van der Waals surface area contributed by atoms with Crippen molar-refractivity contribution in [1.82, 2.24) is 0 Å². The number of nitrogens with zero attached hydrogens (tertiary/aromatic N) is 1. The van der Waals surface area contributed by atoms with Crippen molar-refractivity contribution in [3.63, 3.8) is 0 Å². The number of rotatable bonds is 1. The van der Waals surface area contributed by atoms with Crippen LogP contribution >= 0.6 is 0 Å². The van der Waals surface area contributed by atoms with Gasteiger partial charge in [0.1, 0.15) is 0 Å². The third-order valence-corrected chi connectivity index (χ3v) is 0.346. The molecule has 0 amide bonds. The molecule has 0 aromatic heterocycles. The molecule has 28 valence electrons. The summed E-state index contributed by atoms with van der Waals surface area (Å²) in [4.78, 5) is 8.90. The maximum atomic E-state index is 9.02. The van der Waals surface area contributed by atoms with E-state index < -0.39 is 19.8 Å². The summed E-state index contributed by atoms with van der Waals surface area (Å²) in [7, 11) is 0. The Balaban J connectivity index is 3.20. The van der Waals surface area contributed by atoms with Gasteiger partial charge in [-0.15, -0.1) is 0 Å². The molecule has 0 rings (SSSR count). The minimum absolute atomic E-state index is 0.837. The van der Waals surface area contributed by atoms with Crippen molar-refractivity contribution < 1.29 is 7.58 Å². The quantitative estimate of drug-likeness (QED) is 0.270. The zero-order chi connectivity index (χ0) is 4.28. The van der Waals surface area contributed by atoms with Crippen molar-refractivity contribution in [2.24, 2.45) is 0 Å². The SMILES string of the molecule is O=[As][N+](=O)[O-]. The van der Waals surface area contributed by atoms with Gasteiger partial charge >= 0.3 is 33.6 Å². The Morgan fingerprint density at radius 3 is 2.00 bits per heavy atom. The Labute approximate surface area is 34.5 Å². The summed E-state index contributed by atoms with van der Waals surface area (Å²) in [5, 5.41) is 8.90. The Morgan fingerprint density at radius 2 is 2.00 bits per heavy atom. The summed E-state index contributed by atoms with van der Waals surface area (Å²) >= 11 is -1.87. The molecule has 5 heavy (non-hydrogen) atoms. The second-order valence-corrected chi connectivity index (χ2v) is 1.35. The van der Waals surface area contributed by atoms with Gasteiger partial charge < -0.3 is 0 Å². The van der Waals surface area contributed by atoms with E-state index in [1.165, 1.54) is 0 Å². The van der Waals surface area contributed by atoms with E-state index in [-0.39, 0.29) is 0 Å². The van der Waals surface area contributed by atoms with Gasteiger partial charge in [-0.2, -0.15) is 0 Å². The van der Waals surface area contributed by atoms with Crippen LogP contribution in [0.15, 0.2) is 0 Å². The van der Waals surface area contributed by atoms with Crippen LogP contribution in [-0.4, -0.2) is 19.8 Å². The molecule has 0 aliphatic carbocycles. The number of hydrogen-bond acceptors (Lipinski definition) is 3. The average Bonchev–Trinajstić information content (AvgIpc) is 1.38. The second-order valence-electron chi connectivity index (χ2n) is 0.319. The molecular formula is AsNO3.